The SMILES string of the molecule is Cc1cc(NC[C@H](O)CO)ccc1[N+](=O)[O-]. The number of aryl methyl sites for hydroxylation is 1. The number of rotatable bonds is 5. The van der Waals surface area contributed by atoms with Gasteiger partial charge in [-0.15, -0.1) is 0 Å². The molecule has 0 aliphatic carbocycles. The van der Waals surface area contributed by atoms with Gasteiger partial charge in [-0.1, -0.05) is 0 Å². The molecule has 1 aromatic rings. The van der Waals surface area contributed by atoms with Gasteiger partial charge in [-0.2, -0.15) is 0 Å². The molecule has 6 nitrogen and oxygen atoms in total. The maximum Gasteiger partial charge on any atom is 0.272 e. The van der Waals surface area contributed by atoms with Crippen LogP contribution in [0.15, 0.2) is 18.2 Å². The number of hydrogen-bond acceptors (Lipinski definition) is 5. The second-order valence-electron chi connectivity index (χ2n) is 3.48. The van der Waals surface area contributed by atoms with Crippen LogP contribution in [0.2, 0.25) is 0 Å². The molecule has 0 amide bonds. The fourth-order valence-corrected chi connectivity index (χ4v) is 1.27. The van der Waals surface area contributed by atoms with Gasteiger partial charge in [0, 0.05) is 23.9 Å². The Kier molecular flexibility index (Phi) is 4.21. The molecule has 1 aromatic carbocycles. The smallest absolute Gasteiger partial charge is 0.272 e. The minimum atomic E-state index is -0.838. The molecule has 3 N–H and O–H groups in total. The second-order valence-corrected chi connectivity index (χ2v) is 3.48. The first-order chi connectivity index (χ1) is 7.54. The van der Waals surface area contributed by atoms with E-state index in [4.69, 9.17) is 10.2 Å². The summed E-state index contributed by atoms with van der Waals surface area (Å²) in [5.74, 6) is 0. The molecule has 1 rings (SSSR count). The average Bonchev–Trinajstić information content (AvgIpc) is 2.25. The standard InChI is InChI=1S/C10H14N2O4/c1-7-4-8(11-5-9(14)6-13)2-3-10(7)12(15)16/h2-4,9,11,13-14H,5-6H2,1H3/t9-/m0/s1. The van der Waals surface area contributed by atoms with Crippen molar-refractivity contribution in [2.45, 2.75) is 13.0 Å². The number of nitrogens with one attached hydrogen (secondary N) is 1. The predicted molar refractivity (Wildman–Crippen MR) is 59.4 cm³/mol. The zero-order chi connectivity index (χ0) is 12.1. The number of nitro benzene ring substituents is 1. The topological polar surface area (TPSA) is 95.6 Å². The number of aliphatic hydroxyl groups is 2. The number of aliphatic hydroxyl groups excluding tert-OH is 2. The molecule has 88 valence electrons. The minimum absolute atomic E-state index is 0.0632. The van der Waals surface area contributed by atoms with Gasteiger partial charge in [-0.3, -0.25) is 10.1 Å². The Hall–Kier alpha value is -1.66. The Morgan fingerprint density at radius 3 is 2.75 bits per heavy atom. The second kappa shape index (κ2) is 5.43. The molecule has 0 unspecified atom stereocenters. The lowest BCUT2D eigenvalue weighted by Crippen LogP contribution is -2.22. The summed E-state index contributed by atoms with van der Waals surface area (Å²) >= 11 is 0. The van der Waals surface area contributed by atoms with E-state index >= 15 is 0 Å². The highest BCUT2D eigenvalue weighted by atomic mass is 16.6. The zero-order valence-corrected chi connectivity index (χ0v) is 8.88. The highest BCUT2D eigenvalue weighted by molar-refractivity contribution is 5.53. The molecular weight excluding hydrogens is 212 g/mol. The molecule has 0 aromatic heterocycles. The van der Waals surface area contributed by atoms with Crippen LogP contribution in [0.3, 0.4) is 0 Å². The van der Waals surface area contributed by atoms with Crippen LogP contribution in [-0.2, 0) is 0 Å². The van der Waals surface area contributed by atoms with Crippen molar-refractivity contribution in [3.8, 4) is 0 Å². The number of anilines is 1. The average molecular weight is 226 g/mol. The van der Waals surface area contributed by atoms with Gasteiger partial charge in [0.1, 0.15) is 0 Å². The van der Waals surface area contributed by atoms with Gasteiger partial charge >= 0.3 is 0 Å². The predicted octanol–water partition coefficient (Wildman–Crippen LogP) is 0.668. The number of nitrogens with zero attached hydrogens (tertiary/aromatic N) is 1. The molecule has 0 bridgehead atoms. The van der Waals surface area contributed by atoms with Crippen LogP contribution in [0.1, 0.15) is 5.56 Å². The molecular formula is C10H14N2O4. The summed E-state index contributed by atoms with van der Waals surface area (Å²) in [5, 5.41) is 31.1. The lowest BCUT2D eigenvalue weighted by molar-refractivity contribution is -0.385. The number of nitro groups is 1. The van der Waals surface area contributed by atoms with Crippen molar-refractivity contribution >= 4 is 11.4 Å². The van der Waals surface area contributed by atoms with Gasteiger partial charge in [-0.25, -0.2) is 0 Å². The Morgan fingerprint density at radius 1 is 1.56 bits per heavy atom. The van der Waals surface area contributed by atoms with Gasteiger partial charge in [-0.05, 0) is 19.1 Å². The Morgan fingerprint density at radius 2 is 2.25 bits per heavy atom. The first-order valence-electron chi connectivity index (χ1n) is 4.82. The molecule has 6 heteroatoms. The Labute approximate surface area is 92.7 Å². The minimum Gasteiger partial charge on any atom is -0.394 e. The van der Waals surface area contributed by atoms with Crippen molar-refractivity contribution in [1.29, 1.82) is 0 Å². The molecule has 0 aliphatic rings. The monoisotopic (exact) mass is 226 g/mol. The van der Waals surface area contributed by atoms with Crippen molar-refractivity contribution < 1.29 is 15.1 Å². The third-order valence-electron chi connectivity index (χ3n) is 2.15. The molecule has 0 radical (unpaired) electrons. The molecule has 0 aliphatic heterocycles. The fourth-order valence-electron chi connectivity index (χ4n) is 1.27. The quantitative estimate of drug-likeness (QED) is 0.506. The van der Waals surface area contributed by atoms with Gasteiger partial charge in [0.25, 0.3) is 5.69 Å². The fraction of sp³-hybridized carbons (Fsp3) is 0.400. The Balaban J connectivity index is 2.70. The van der Waals surface area contributed by atoms with E-state index in [1.807, 2.05) is 0 Å². The summed E-state index contributed by atoms with van der Waals surface area (Å²) in [5.41, 5.74) is 1.29. The van der Waals surface area contributed by atoms with Crippen LogP contribution >= 0.6 is 0 Å². The largest absolute Gasteiger partial charge is 0.394 e. The first-order valence-corrected chi connectivity index (χ1v) is 4.82. The van der Waals surface area contributed by atoms with E-state index in [2.05, 4.69) is 5.32 Å². The molecule has 1 atom stereocenters. The van der Waals surface area contributed by atoms with E-state index < -0.39 is 11.0 Å². The van der Waals surface area contributed by atoms with E-state index in [1.165, 1.54) is 6.07 Å². The normalized spacial score (nSPS) is 12.2. The van der Waals surface area contributed by atoms with E-state index in [0.29, 0.717) is 11.3 Å². The van der Waals surface area contributed by atoms with Crippen molar-refractivity contribution in [2.24, 2.45) is 0 Å². The van der Waals surface area contributed by atoms with Crippen molar-refractivity contribution in [3.05, 3.63) is 33.9 Å². The van der Waals surface area contributed by atoms with Crippen molar-refractivity contribution in [3.63, 3.8) is 0 Å². The summed E-state index contributed by atoms with van der Waals surface area (Å²) in [6, 6.07) is 4.60. The highest BCUT2D eigenvalue weighted by Crippen LogP contribution is 2.21. The first kappa shape index (κ1) is 12.4. The van der Waals surface area contributed by atoms with Crippen LogP contribution < -0.4 is 5.32 Å². The van der Waals surface area contributed by atoms with Crippen LogP contribution in [0.25, 0.3) is 0 Å². The van der Waals surface area contributed by atoms with Crippen molar-refractivity contribution in [2.75, 3.05) is 18.5 Å². The van der Waals surface area contributed by atoms with E-state index in [9.17, 15) is 10.1 Å². The van der Waals surface area contributed by atoms with Crippen LogP contribution in [0, 0.1) is 17.0 Å². The molecule has 0 heterocycles. The molecule has 0 saturated carbocycles. The van der Waals surface area contributed by atoms with Gasteiger partial charge in [0.15, 0.2) is 0 Å². The third-order valence-corrected chi connectivity index (χ3v) is 2.15. The number of benzene rings is 1. The van der Waals surface area contributed by atoms with E-state index in [0.717, 1.165) is 0 Å². The van der Waals surface area contributed by atoms with Crippen LogP contribution in [-0.4, -0.2) is 34.4 Å². The number of hydrogen-bond donors (Lipinski definition) is 3. The van der Waals surface area contributed by atoms with Gasteiger partial charge in [0.05, 0.1) is 17.6 Å². The summed E-state index contributed by atoms with van der Waals surface area (Å²) in [7, 11) is 0. The lowest BCUT2D eigenvalue weighted by Gasteiger charge is -2.10. The Bertz CT molecular complexity index is 381. The molecule has 16 heavy (non-hydrogen) atoms. The summed E-state index contributed by atoms with van der Waals surface area (Å²) in [6.07, 6.45) is -0.838. The van der Waals surface area contributed by atoms with Gasteiger partial charge < -0.3 is 15.5 Å². The highest BCUT2D eigenvalue weighted by Gasteiger charge is 2.10. The molecule has 0 spiro atoms. The maximum atomic E-state index is 10.6. The van der Waals surface area contributed by atoms with Crippen LogP contribution in [0.4, 0.5) is 11.4 Å². The summed E-state index contributed by atoms with van der Waals surface area (Å²) in [6.45, 7) is 1.53. The zero-order valence-electron chi connectivity index (χ0n) is 8.88. The summed E-state index contributed by atoms with van der Waals surface area (Å²) < 4.78 is 0. The molecule has 0 fully saturated rings. The van der Waals surface area contributed by atoms with Crippen LogP contribution in [0.5, 0.6) is 0 Å². The molecule has 0 saturated heterocycles. The lowest BCUT2D eigenvalue weighted by atomic mass is 10.2. The van der Waals surface area contributed by atoms with Gasteiger partial charge in [0.2, 0.25) is 0 Å². The van der Waals surface area contributed by atoms with E-state index in [-0.39, 0.29) is 18.8 Å². The third kappa shape index (κ3) is 3.18. The maximum absolute atomic E-state index is 10.6. The summed E-state index contributed by atoms with van der Waals surface area (Å²) in [4.78, 5) is 10.1. The van der Waals surface area contributed by atoms with Crippen molar-refractivity contribution in [1.82, 2.24) is 0 Å². The van der Waals surface area contributed by atoms with E-state index in [1.54, 1.807) is 19.1 Å².